The van der Waals surface area contributed by atoms with Crippen LogP contribution in [0.25, 0.3) is 0 Å². The Morgan fingerprint density at radius 3 is 3.00 bits per heavy atom. The molecule has 0 amide bonds. The summed E-state index contributed by atoms with van der Waals surface area (Å²) in [5.41, 5.74) is 5.77. The minimum Gasteiger partial charge on any atom is -0.488 e. The zero-order chi connectivity index (χ0) is 9.26. The average molecular weight is 183 g/mol. The van der Waals surface area contributed by atoms with Crippen molar-refractivity contribution in [3.8, 4) is 5.75 Å². The molecule has 4 heteroatoms. The van der Waals surface area contributed by atoms with E-state index in [2.05, 4.69) is 0 Å². The third-order valence-corrected chi connectivity index (χ3v) is 1.78. The number of nitrogens with two attached hydrogens (primary N) is 1. The first-order chi connectivity index (χ1) is 6.25. The van der Waals surface area contributed by atoms with E-state index in [-0.39, 0.29) is 11.9 Å². The zero-order valence-electron chi connectivity index (χ0n) is 7.00. The summed E-state index contributed by atoms with van der Waals surface area (Å²) in [6.45, 7) is 1.11. The lowest BCUT2D eigenvalue weighted by molar-refractivity contribution is 0.254. The SMILES string of the molecule is Nc1ccc(OCC2CO2)c(F)c1. The first kappa shape index (κ1) is 8.31. The maximum absolute atomic E-state index is 13.1. The van der Waals surface area contributed by atoms with Gasteiger partial charge < -0.3 is 15.2 Å². The highest BCUT2D eigenvalue weighted by molar-refractivity contribution is 5.42. The molecular weight excluding hydrogens is 173 g/mol. The molecule has 0 saturated carbocycles. The van der Waals surface area contributed by atoms with Crippen LogP contribution in [0, 0.1) is 5.82 Å². The Hall–Kier alpha value is -1.29. The summed E-state index contributed by atoms with van der Waals surface area (Å²) in [6, 6.07) is 4.36. The maximum atomic E-state index is 13.1. The summed E-state index contributed by atoms with van der Waals surface area (Å²) in [7, 11) is 0. The van der Waals surface area contributed by atoms with Gasteiger partial charge in [0.05, 0.1) is 6.61 Å². The molecule has 0 bridgehead atoms. The van der Waals surface area contributed by atoms with Crippen molar-refractivity contribution in [2.75, 3.05) is 18.9 Å². The summed E-state index contributed by atoms with van der Waals surface area (Å²) in [6.07, 6.45) is 0.136. The standard InChI is InChI=1S/C9H10FNO2/c10-8-3-6(11)1-2-9(8)13-5-7-4-12-7/h1-3,7H,4-5,11H2. The lowest BCUT2D eigenvalue weighted by atomic mass is 10.3. The van der Waals surface area contributed by atoms with Crippen LogP contribution in [-0.4, -0.2) is 19.3 Å². The Balaban J connectivity index is 2.01. The largest absolute Gasteiger partial charge is 0.488 e. The molecule has 1 aromatic rings. The summed E-state index contributed by atoms with van der Waals surface area (Å²) in [4.78, 5) is 0. The second kappa shape index (κ2) is 3.22. The predicted molar refractivity (Wildman–Crippen MR) is 46.0 cm³/mol. The van der Waals surface area contributed by atoms with Gasteiger partial charge in [-0.05, 0) is 12.1 Å². The lowest BCUT2D eigenvalue weighted by Gasteiger charge is -2.05. The molecule has 0 aromatic heterocycles. The number of anilines is 1. The van der Waals surface area contributed by atoms with Gasteiger partial charge in [-0.1, -0.05) is 0 Å². The smallest absolute Gasteiger partial charge is 0.167 e. The third-order valence-electron chi connectivity index (χ3n) is 1.78. The van der Waals surface area contributed by atoms with Gasteiger partial charge in [0.15, 0.2) is 11.6 Å². The van der Waals surface area contributed by atoms with Crippen molar-refractivity contribution in [2.24, 2.45) is 0 Å². The second-order valence-electron chi connectivity index (χ2n) is 2.96. The Labute approximate surface area is 75.3 Å². The zero-order valence-corrected chi connectivity index (χ0v) is 7.00. The summed E-state index contributed by atoms with van der Waals surface area (Å²) in [5, 5.41) is 0. The third kappa shape index (κ3) is 2.09. The van der Waals surface area contributed by atoms with Gasteiger partial charge in [0.2, 0.25) is 0 Å². The van der Waals surface area contributed by atoms with Crippen molar-refractivity contribution in [1.29, 1.82) is 0 Å². The molecule has 13 heavy (non-hydrogen) atoms. The van der Waals surface area contributed by atoms with Crippen LogP contribution < -0.4 is 10.5 Å². The molecule has 1 aliphatic rings. The van der Waals surface area contributed by atoms with Gasteiger partial charge >= 0.3 is 0 Å². The van der Waals surface area contributed by atoms with Gasteiger partial charge in [0.1, 0.15) is 12.7 Å². The van der Waals surface area contributed by atoms with Crippen molar-refractivity contribution in [3.63, 3.8) is 0 Å². The summed E-state index contributed by atoms with van der Waals surface area (Å²) >= 11 is 0. The van der Waals surface area contributed by atoms with Gasteiger partial charge in [-0.15, -0.1) is 0 Å². The fourth-order valence-electron chi connectivity index (χ4n) is 0.981. The number of hydrogen-bond donors (Lipinski definition) is 1. The van der Waals surface area contributed by atoms with E-state index in [0.717, 1.165) is 0 Å². The van der Waals surface area contributed by atoms with E-state index in [1.807, 2.05) is 0 Å². The summed E-state index contributed by atoms with van der Waals surface area (Å²) in [5.74, 6) is -0.203. The van der Waals surface area contributed by atoms with Gasteiger partial charge in [-0.2, -0.15) is 0 Å². The molecular formula is C9H10FNO2. The molecule has 1 aliphatic heterocycles. The molecule has 2 rings (SSSR count). The van der Waals surface area contributed by atoms with Gasteiger partial charge in [-0.3, -0.25) is 0 Å². The molecule has 2 N–H and O–H groups in total. The average Bonchev–Trinajstić information content (AvgIpc) is 2.86. The highest BCUT2D eigenvalue weighted by atomic mass is 19.1. The van der Waals surface area contributed by atoms with Gasteiger partial charge in [-0.25, -0.2) is 4.39 Å². The van der Waals surface area contributed by atoms with Gasteiger partial charge in [0.25, 0.3) is 0 Å². The number of rotatable bonds is 3. The molecule has 3 nitrogen and oxygen atoms in total. The molecule has 1 unspecified atom stereocenters. The van der Waals surface area contributed by atoms with Gasteiger partial charge in [0, 0.05) is 11.8 Å². The Bertz CT molecular complexity index is 312. The predicted octanol–water partition coefficient (Wildman–Crippen LogP) is 1.19. The number of epoxide rings is 1. The van der Waals surface area contributed by atoms with E-state index in [1.165, 1.54) is 12.1 Å². The van der Waals surface area contributed by atoms with Crippen molar-refractivity contribution < 1.29 is 13.9 Å². The molecule has 1 aromatic carbocycles. The summed E-state index contributed by atoms with van der Waals surface area (Å²) < 4.78 is 23.2. The highest BCUT2D eigenvalue weighted by Crippen LogP contribution is 2.20. The van der Waals surface area contributed by atoms with Crippen molar-refractivity contribution in [1.82, 2.24) is 0 Å². The number of benzene rings is 1. The highest BCUT2D eigenvalue weighted by Gasteiger charge is 2.23. The Morgan fingerprint density at radius 2 is 2.38 bits per heavy atom. The maximum Gasteiger partial charge on any atom is 0.167 e. The molecule has 0 spiro atoms. The minimum absolute atomic E-state index is 0.136. The van der Waals surface area contributed by atoms with Crippen LogP contribution in [0.1, 0.15) is 0 Å². The van der Waals surface area contributed by atoms with Crippen LogP contribution in [0.2, 0.25) is 0 Å². The number of hydrogen-bond acceptors (Lipinski definition) is 3. The Kier molecular flexibility index (Phi) is 2.06. The van der Waals surface area contributed by atoms with Crippen LogP contribution in [0.4, 0.5) is 10.1 Å². The lowest BCUT2D eigenvalue weighted by Crippen LogP contribution is -2.05. The van der Waals surface area contributed by atoms with Crippen molar-refractivity contribution in [2.45, 2.75) is 6.10 Å². The second-order valence-corrected chi connectivity index (χ2v) is 2.96. The molecule has 0 aliphatic carbocycles. The van der Waals surface area contributed by atoms with E-state index in [9.17, 15) is 4.39 Å². The number of halogens is 1. The van der Waals surface area contributed by atoms with Crippen LogP contribution in [0.3, 0.4) is 0 Å². The minimum atomic E-state index is -0.430. The molecule has 1 fully saturated rings. The number of nitrogen functional groups attached to an aromatic ring is 1. The molecule has 1 saturated heterocycles. The molecule has 1 atom stereocenters. The van der Waals surface area contributed by atoms with Crippen LogP contribution in [0.5, 0.6) is 5.75 Å². The molecule has 1 heterocycles. The van der Waals surface area contributed by atoms with Crippen molar-refractivity contribution in [3.05, 3.63) is 24.0 Å². The van der Waals surface area contributed by atoms with E-state index in [4.69, 9.17) is 15.2 Å². The molecule has 70 valence electrons. The van der Waals surface area contributed by atoms with Crippen LogP contribution in [-0.2, 0) is 4.74 Å². The van der Waals surface area contributed by atoms with E-state index in [1.54, 1.807) is 6.07 Å². The van der Waals surface area contributed by atoms with E-state index in [0.29, 0.717) is 18.9 Å². The Morgan fingerprint density at radius 1 is 1.62 bits per heavy atom. The fraction of sp³-hybridized carbons (Fsp3) is 0.333. The quantitative estimate of drug-likeness (QED) is 0.565. The monoisotopic (exact) mass is 183 g/mol. The first-order valence-corrected chi connectivity index (χ1v) is 4.05. The number of ether oxygens (including phenoxy) is 2. The molecule has 0 radical (unpaired) electrons. The topological polar surface area (TPSA) is 47.8 Å². The van der Waals surface area contributed by atoms with E-state index < -0.39 is 5.82 Å². The normalized spacial score (nSPS) is 19.9. The van der Waals surface area contributed by atoms with Crippen LogP contribution >= 0.6 is 0 Å². The fourth-order valence-corrected chi connectivity index (χ4v) is 0.981. The first-order valence-electron chi connectivity index (χ1n) is 4.05. The van der Waals surface area contributed by atoms with E-state index >= 15 is 0 Å². The van der Waals surface area contributed by atoms with Crippen molar-refractivity contribution >= 4 is 5.69 Å². The van der Waals surface area contributed by atoms with Crippen LogP contribution in [0.15, 0.2) is 18.2 Å².